The number of carboxylic acid groups (broad SMARTS) is 1. The molecule has 0 saturated heterocycles. The van der Waals surface area contributed by atoms with Crippen molar-refractivity contribution in [1.29, 1.82) is 0 Å². The number of carboxylic acids is 1. The highest BCUT2D eigenvalue weighted by Crippen LogP contribution is 2.38. The number of aromatic nitrogens is 1. The molecule has 2 heterocycles. The van der Waals surface area contributed by atoms with Crippen LogP contribution in [0.3, 0.4) is 0 Å². The first-order valence-corrected chi connectivity index (χ1v) is 12.8. The molecule has 0 radical (unpaired) electrons. The zero-order valence-electron chi connectivity index (χ0n) is 20.5. The van der Waals surface area contributed by atoms with Gasteiger partial charge in [-0.1, -0.05) is 58.4 Å². The van der Waals surface area contributed by atoms with Gasteiger partial charge in [-0.05, 0) is 41.5 Å². The third-order valence-corrected chi connectivity index (χ3v) is 7.04. The van der Waals surface area contributed by atoms with Crippen LogP contribution in [-0.2, 0) is 9.59 Å². The number of hydrogen-bond acceptors (Lipinski definition) is 5. The quantitative estimate of drug-likeness (QED) is 0.303. The second-order valence-electron chi connectivity index (χ2n) is 8.93. The van der Waals surface area contributed by atoms with Gasteiger partial charge in [-0.25, -0.2) is 5.01 Å². The summed E-state index contributed by atoms with van der Waals surface area (Å²) in [7, 11) is 1.57. The van der Waals surface area contributed by atoms with Crippen LogP contribution in [0.15, 0.2) is 87.2 Å². The molecule has 5 rings (SSSR count). The molecule has 8 nitrogen and oxygen atoms in total. The van der Waals surface area contributed by atoms with Gasteiger partial charge < -0.3 is 14.8 Å². The smallest absolute Gasteiger partial charge is 0.303 e. The van der Waals surface area contributed by atoms with Gasteiger partial charge in [-0.2, -0.15) is 5.10 Å². The molecule has 1 aliphatic rings. The predicted molar refractivity (Wildman–Crippen MR) is 148 cm³/mol. The number of amides is 1. The van der Waals surface area contributed by atoms with E-state index in [-0.39, 0.29) is 24.8 Å². The Kier molecular flexibility index (Phi) is 7.11. The van der Waals surface area contributed by atoms with Gasteiger partial charge in [0.25, 0.3) is 5.56 Å². The third-order valence-electron chi connectivity index (χ3n) is 6.55. The molecule has 192 valence electrons. The van der Waals surface area contributed by atoms with Crippen LogP contribution in [0.5, 0.6) is 5.75 Å². The summed E-state index contributed by atoms with van der Waals surface area (Å²) in [6.07, 6.45) is -0.228. The van der Waals surface area contributed by atoms with E-state index in [1.807, 2.05) is 60.7 Å². The molecular formula is C29H24BrN3O5. The Hall–Kier alpha value is -4.24. The zero-order valence-corrected chi connectivity index (χ0v) is 22.1. The number of ether oxygens (including phenoxy) is 1. The number of carbonyl (C=O) groups is 2. The molecule has 38 heavy (non-hydrogen) atoms. The fourth-order valence-electron chi connectivity index (χ4n) is 4.75. The number of aromatic amines is 1. The summed E-state index contributed by atoms with van der Waals surface area (Å²) in [5.41, 5.74) is 3.57. The van der Waals surface area contributed by atoms with Crippen LogP contribution in [0.25, 0.3) is 22.0 Å². The Morgan fingerprint density at radius 2 is 1.79 bits per heavy atom. The largest absolute Gasteiger partial charge is 0.497 e. The minimum Gasteiger partial charge on any atom is -0.497 e. The van der Waals surface area contributed by atoms with E-state index in [4.69, 9.17) is 9.84 Å². The Balaban J connectivity index is 1.68. The highest BCUT2D eigenvalue weighted by atomic mass is 79.9. The number of aliphatic carboxylic acids is 1. The molecule has 0 unspecified atom stereocenters. The number of fused-ring (bicyclic) bond motifs is 1. The molecule has 0 spiro atoms. The topological polar surface area (TPSA) is 112 Å². The summed E-state index contributed by atoms with van der Waals surface area (Å²) >= 11 is 3.54. The predicted octanol–water partition coefficient (Wildman–Crippen LogP) is 5.51. The van der Waals surface area contributed by atoms with Crippen molar-refractivity contribution in [1.82, 2.24) is 9.99 Å². The molecule has 4 aromatic rings. The van der Waals surface area contributed by atoms with Gasteiger partial charge in [0.15, 0.2) is 0 Å². The minimum atomic E-state index is -1.06. The van der Waals surface area contributed by atoms with E-state index in [0.717, 1.165) is 26.5 Å². The van der Waals surface area contributed by atoms with Crippen LogP contribution >= 0.6 is 15.9 Å². The summed E-state index contributed by atoms with van der Waals surface area (Å²) < 4.78 is 6.13. The fourth-order valence-corrected chi connectivity index (χ4v) is 5.11. The van der Waals surface area contributed by atoms with Crippen molar-refractivity contribution in [3.63, 3.8) is 0 Å². The second kappa shape index (κ2) is 10.6. The number of halogens is 1. The van der Waals surface area contributed by atoms with Gasteiger partial charge in [0.2, 0.25) is 5.91 Å². The van der Waals surface area contributed by atoms with E-state index in [9.17, 15) is 14.4 Å². The van der Waals surface area contributed by atoms with Gasteiger partial charge in [-0.15, -0.1) is 0 Å². The molecule has 0 aliphatic carbocycles. The van der Waals surface area contributed by atoms with Crippen LogP contribution in [0, 0.1) is 0 Å². The van der Waals surface area contributed by atoms with Crippen LogP contribution < -0.4 is 10.3 Å². The van der Waals surface area contributed by atoms with Crippen molar-refractivity contribution in [3.8, 4) is 16.9 Å². The number of rotatable bonds is 7. The molecule has 0 fully saturated rings. The number of H-pyrrole nitrogens is 1. The SMILES string of the molecule is COc1ccc([C@@H]2CC(c3c(-c4ccccc4)c4cc(Br)ccc4[nH]c3=O)=NN2C(=O)CCC(=O)O)cc1. The molecule has 9 heteroatoms. The van der Waals surface area contributed by atoms with Gasteiger partial charge in [0.1, 0.15) is 5.75 Å². The molecule has 1 atom stereocenters. The highest BCUT2D eigenvalue weighted by molar-refractivity contribution is 9.10. The van der Waals surface area contributed by atoms with Gasteiger partial charge in [0.05, 0.1) is 30.8 Å². The van der Waals surface area contributed by atoms with Crippen LogP contribution in [0.2, 0.25) is 0 Å². The number of hydrogen-bond donors (Lipinski definition) is 2. The first-order chi connectivity index (χ1) is 18.4. The molecule has 1 aliphatic heterocycles. The minimum absolute atomic E-state index is 0.203. The Morgan fingerprint density at radius 1 is 1.05 bits per heavy atom. The van der Waals surface area contributed by atoms with Crippen LogP contribution in [0.4, 0.5) is 0 Å². The van der Waals surface area contributed by atoms with Crippen molar-refractivity contribution >= 4 is 44.4 Å². The number of benzene rings is 3. The van der Waals surface area contributed by atoms with Crippen molar-refractivity contribution in [2.45, 2.75) is 25.3 Å². The maximum atomic E-state index is 13.6. The van der Waals surface area contributed by atoms with Crippen LogP contribution in [-0.4, -0.2) is 39.8 Å². The number of nitrogens with zero attached hydrogens (tertiary/aromatic N) is 2. The summed E-state index contributed by atoms with van der Waals surface area (Å²) in [6, 6.07) is 22.0. The lowest BCUT2D eigenvalue weighted by molar-refractivity contribution is -0.141. The Morgan fingerprint density at radius 3 is 2.47 bits per heavy atom. The summed E-state index contributed by atoms with van der Waals surface area (Å²) in [5, 5.41) is 15.9. The lowest BCUT2D eigenvalue weighted by atomic mass is 9.91. The van der Waals surface area contributed by atoms with Gasteiger partial charge >= 0.3 is 5.97 Å². The zero-order chi connectivity index (χ0) is 26.8. The maximum absolute atomic E-state index is 13.6. The first-order valence-electron chi connectivity index (χ1n) is 12.0. The van der Waals surface area contributed by atoms with Crippen molar-refractivity contribution in [2.75, 3.05) is 7.11 Å². The third kappa shape index (κ3) is 4.97. The molecule has 1 aromatic heterocycles. The number of methoxy groups -OCH3 is 1. The second-order valence-corrected chi connectivity index (χ2v) is 9.85. The number of hydrazone groups is 1. The van der Waals surface area contributed by atoms with E-state index in [0.29, 0.717) is 22.5 Å². The molecule has 3 aromatic carbocycles. The Bertz CT molecular complexity index is 1610. The van der Waals surface area contributed by atoms with Crippen molar-refractivity contribution in [3.05, 3.63) is 98.7 Å². The average Bonchev–Trinajstić information content (AvgIpc) is 3.37. The Labute approximate surface area is 226 Å². The molecule has 0 saturated carbocycles. The number of nitrogens with one attached hydrogen (secondary N) is 1. The monoisotopic (exact) mass is 573 g/mol. The highest BCUT2D eigenvalue weighted by Gasteiger charge is 2.35. The molecule has 2 N–H and O–H groups in total. The first kappa shape index (κ1) is 25.4. The lowest BCUT2D eigenvalue weighted by Gasteiger charge is -2.22. The van der Waals surface area contributed by atoms with Gasteiger partial charge in [0, 0.05) is 33.8 Å². The standard InChI is InChI=1S/C29H24BrN3O5/c1-38-20-10-7-17(8-11-20)24-16-23(32-33(24)25(34)13-14-26(35)36)28-27(18-5-3-2-4-6-18)21-15-19(30)9-12-22(21)31-29(28)37/h2-12,15,24H,13-14,16H2,1H3,(H,31,37)(H,35,36)/t24-/m0/s1. The maximum Gasteiger partial charge on any atom is 0.303 e. The van der Waals surface area contributed by atoms with Crippen molar-refractivity contribution in [2.24, 2.45) is 5.10 Å². The van der Waals surface area contributed by atoms with Crippen molar-refractivity contribution < 1.29 is 19.4 Å². The summed E-state index contributed by atoms with van der Waals surface area (Å²) in [4.78, 5) is 40.9. The van der Waals surface area contributed by atoms with E-state index in [1.165, 1.54) is 5.01 Å². The molecular weight excluding hydrogens is 550 g/mol. The summed E-state index contributed by atoms with van der Waals surface area (Å²) in [6.45, 7) is 0. The summed E-state index contributed by atoms with van der Waals surface area (Å²) in [5.74, 6) is -0.824. The van der Waals surface area contributed by atoms with E-state index >= 15 is 0 Å². The van der Waals surface area contributed by atoms with E-state index in [2.05, 4.69) is 26.0 Å². The van der Waals surface area contributed by atoms with E-state index < -0.39 is 17.9 Å². The molecule has 0 bridgehead atoms. The fraction of sp³-hybridized carbons (Fsp3) is 0.172. The van der Waals surface area contributed by atoms with Gasteiger partial charge in [-0.3, -0.25) is 14.4 Å². The van der Waals surface area contributed by atoms with Crippen LogP contribution in [0.1, 0.15) is 36.4 Å². The number of carbonyl (C=O) groups excluding carboxylic acids is 1. The lowest BCUT2D eigenvalue weighted by Crippen LogP contribution is -2.27. The van der Waals surface area contributed by atoms with E-state index in [1.54, 1.807) is 19.2 Å². The normalized spacial score (nSPS) is 14.9. The number of pyridine rings is 1. The molecule has 1 amide bonds. The average molecular weight is 574 g/mol.